The average Bonchev–Trinajstić information content (AvgIpc) is 2.90. The van der Waals surface area contributed by atoms with Gasteiger partial charge in [0.25, 0.3) is 11.8 Å². The van der Waals surface area contributed by atoms with Gasteiger partial charge in [-0.3, -0.25) is 19.3 Å². The summed E-state index contributed by atoms with van der Waals surface area (Å²) in [4.78, 5) is 52.1. The Hall–Kier alpha value is -2.90. The molecule has 4 amide bonds. The molecule has 2 heterocycles. The van der Waals surface area contributed by atoms with Gasteiger partial charge in [0, 0.05) is 13.1 Å². The highest BCUT2D eigenvalue weighted by Gasteiger charge is 2.49. The molecule has 0 aromatic heterocycles. The maximum Gasteiger partial charge on any atom is 0.326 e. The number of nitrogens with zero attached hydrogens (tertiary/aromatic N) is 2. The molecule has 0 unspecified atom stereocenters. The van der Waals surface area contributed by atoms with E-state index < -0.39 is 36.6 Å². The van der Waals surface area contributed by atoms with Crippen LogP contribution in [0.4, 0.5) is 4.79 Å². The molecule has 2 saturated heterocycles. The van der Waals surface area contributed by atoms with E-state index in [2.05, 4.69) is 19.2 Å². The number of esters is 1. The van der Waals surface area contributed by atoms with Crippen LogP contribution >= 0.6 is 0 Å². The summed E-state index contributed by atoms with van der Waals surface area (Å²) in [7, 11) is 0. The summed E-state index contributed by atoms with van der Waals surface area (Å²) >= 11 is 0. The largest absolute Gasteiger partial charge is 0.454 e. The van der Waals surface area contributed by atoms with Gasteiger partial charge in [-0.2, -0.15) is 0 Å². The Morgan fingerprint density at radius 1 is 1.14 bits per heavy atom. The first-order valence-electron chi connectivity index (χ1n) is 9.83. The number of urea groups is 1. The quantitative estimate of drug-likeness (QED) is 0.596. The van der Waals surface area contributed by atoms with E-state index in [0.717, 1.165) is 11.3 Å². The number of hydrogen-bond donors (Lipinski definition) is 1. The normalized spacial score (nSPS) is 27.0. The number of piperidine rings is 1. The van der Waals surface area contributed by atoms with Gasteiger partial charge < -0.3 is 15.0 Å². The number of nitrogens with one attached hydrogen (secondary N) is 1. The number of carbonyl (C=O) groups is 4. The third-order valence-electron chi connectivity index (χ3n) is 5.49. The summed E-state index contributed by atoms with van der Waals surface area (Å²) in [5.41, 5.74) is -0.619. The number of ether oxygens (including phenoxy) is 1. The summed E-state index contributed by atoms with van der Waals surface area (Å²) in [6.07, 6.45) is 1.07. The van der Waals surface area contributed by atoms with Gasteiger partial charge in [0.15, 0.2) is 6.61 Å². The summed E-state index contributed by atoms with van der Waals surface area (Å²) < 4.78 is 5.06. The molecule has 0 spiro atoms. The minimum Gasteiger partial charge on any atom is -0.454 e. The molecule has 156 valence electrons. The molecule has 8 nitrogen and oxygen atoms in total. The maximum absolute atomic E-state index is 12.8. The van der Waals surface area contributed by atoms with Crippen LogP contribution in [0.1, 0.15) is 32.8 Å². The molecule has 29 heavy (non-hydrogen) atoms. The predicted molar refractivity (Wildman–Crippen MR) is 105 cm³/mol. The van der Waals surface area contributed by atoms with Gasteiger partial charge >= 0.3 is 12.0 Å². The number of amides is 4. The smallest absolute Gasteiger partial charge is 0.326 e. The zero-order chi connectivity index (χ0) is 21.2. The van der Waals surface area contributed by atoms with E-state index in [-0.39, 0.29) is 5.91 Å². The molecule has 1 aromatic carbocycles. The van der Waals surface area contributed by atoms with Crippen molar-refractivity contribution in [3.05, 3.63) is 35.9 Å². The van der Waals surface area contributed by atoms with Crippen molar-refractivity contribution in [2.24, 2.45) is 11.8 Å². The third kappa shape index (κ3) is 4.41. The van der Waals surface area contributed by atoms with Gasteiger partial charge in [-0.1, -0.05) is 44.2 Å². The lowest BCUT2D eigenvalue weighted by Crippen LogP contribution is -2.45. The number of benzene rings is 1. The molecular weight excluding hydrogens is 374 g/mol. The van der Waals surface area contributed by atoms with Crippen LogP contribution in [0.5, 0.6) is 0 Å². The molecule has 1 aromatic rings. The van der Waals surface area contributed by atoms with Crippen molar-refractivity contribution in [3.63, 3.8) is 0 Å². The van der Waals surface area contributed by atoms with Gasteiger partial charge in [0.2, 0.25) is 0 Å². The topological polar surface area (TPSA) is 96.0 Å². The number of imide groups is 1. The Morgan fingerprint density at radius 3 is 2.38 bits per heavy atom. The molecule has 2 aliphatic heterocycles. The first kappa shape index (κ1) is 20.8. The van der Waals surface area contributed by atoms with Crippen LogP contribution < -0.4 is 5.32 Å². The van der Waals surface area contributed by atoms with E-state index in [4.69, 9.17) is 4.74 Å². The minimum atomic E-state index is -1.24. The predicted octanol–water partition coefficient (Wildman–Crippen LogP) is 1.50. The lowest BCUT2D eigenvalue weighted by molar-refractivity contribution is -0.154. The molecule has 0 radical (unpaired) electrons. The second-order valence-electron chi connectivity index (χ2n) is 8.22. The average molecular weight is 401 g/mol. The van der Waals surface area contributed by atoms with Crippen molar-refractivity contribution in [1.29, 1.82) is 0 Å². The molecule has 3 atom stereocenters. The Bertz CT molecular complexity index is 802. The van der Waals surface area contributed by atoms with Gasteiger partial charge in [0.1, 0.15) is 12.1 Å². The molecule has 0 aliphatic carbocycles. The number of likely N-dealkylation sites (tertiary alicyclic amines) is 1. The van der Waals surface area contributed by atoms with Crippen molar-refractivity contribution in [2.45, 2.75) is 32.7 Å². The lowest BCUT2D eigenvalue weighted by atomic mass is 9.92. The van der Waals surface area contributed by atoms with Crippen LogP contribution in [-0.4, -0.2) is 59.9 Å². The van der Waals surface area contributed by atoms with Crippen LogP contribution in [0.15, 0.2) is 30.3 Å². The van der Waals surface area contributed by atoms with Crippen molar-refractivity contribution in [2.75, 3.05) is 26.2 Å². The van der Waals surface area contributed by atoms with Gasteiger partial charge in [0.05, 0.1) is 0 Å². The van der Waals surface area contributed by atoms with Crippen LogP contribution in [0, 0.1) is 11.8 Å². The molecule has 2 fully saturated rings. The fourth-order valence-corrected chi connectivity index (χ4v) is 4.08. The van der Waals surface area contributed by atoms with Crippen molar-refractivity contribution in [1.82, 2.24) is 15.1 Å². The van der Waals surface area contributed by atoms with Crippen molar-refractivity contribution in [3.8, 4) is 0 Å². The van der Waals surface area contributed by atoms with Gasteiger partial charge in [-0.05, 0) is 30.7 Å². The van der Waals surface area contributed by atoms with E-state index in [9.17, 15) is 19.2 Å². The highest BCUT2D eigenvalue weighted by molar-refractivity contribution is 6.08. The summed E-state index contributed by atoms with van der Waals surface area (Å²) in [5, 5.41) is 2.63. The molecule has 0 saturated carbocycles. The van der Waals surface area contributed by atoms with Crippen LogP contribution in [0.25, 0.3) is 0 Å². The molecule has 8 heteroatoms. The zero-order valence-electron chi connectivity index (χ0n) is 17.0. The molecule has 2 aliphatic rings. The second-order valence-corrected chi connectivity index (χ2v) is 8.22. The molecule has 3 rings (SSSR count). The number of hydrogen-bond acceptors (Lipinski definition) is 5. The number of rotatable bonds is 5. The number of carbonyl (C=O) groups excluding carboxylic acids is 4. The maximum atomic E-state index is 12.8. The molecule has 1 N–H and O–H groups in total. The van der Waals surface area contributed by atoms with Crippen LogP contribution in [0.2, 0.25) is 0 Å². The summed E-state index contributed by atoms with van der Waals surface area (Å²) in [5.74, 6) is -0.782. The van der Waals surface area contributed by atoms with E-state index >= 15 is 0 Å². The van der Waals surface area contributed by atoms with E-state index in [1.165, 1.54) is 0 Å². The van der Waals surface area contributed by atoms with E-state index in [1.54, 1.807) is 36.1 Å². The Balaban J connectivity index is 1.56. The Labute approximate surface area is 170 Å². The van der Waals surface area contributed by atoms with Gasteiger partial charge in [-0.15, -0.1) is 0 Å². The minimum absolute atomic E-state index is 0.261. The summed E-state index contributed by atoms with van der Waals surface area (Å²) in [6, 6.07) is 8.15. The van der Waals surface area contributed by atoms with Crippen LogP contribution in [-0.2, 0) is 24.7 Å². The van der Waals surface area contributed by atoms with E-state index in [1.807, 2.05) is 6.07 Å². The Kier molecular flexibility index (Phi) is 5.91. The highest BCUT2D eigenvalue weighted by Crippen LogP contribution is 2.28. The molecule has 0 bridgehead atoms. The first-order valence-corrected chi connectivity index (χ1v) is 9.83. The zero-order valence-corrected chi connectivity index (χ0v) is 17.0. The highest BCUT2D eigenvalue weighted by atomic mass is 16.5. The summed E-state index contributed by atoms with van der Waals surface area (Å²) in [6.45, 7) is 6.13. The van der Waals surface area contributed by atoms with Crippen molar-refractivity contribution >= 4 is 23.8 Å². The van der Waals surface area contributed by atoms with E-state index in [0.29, 0.717) is 30.5 Å². The fraction of sp³-hybridized carbons (Fsp3) is 0.524. The molecular formula is C21H27N3O5. The first-order chi connectivity index (χ1) is 13.7. The third-order valence-corrected chi connectivity index (χ3v) is 5.49. The lowest BCUT2D eigenvalue weighted by Gasteiger charge is -2.34. The van der Waals surface area contributed by atoms with Gasteiger partial charge in [-0.25, -0.2) is 4.79 Å². The van der Waals surface area contributed by atoms with Crippen molar-refractivity contribution < 1.29 is 23.9 Å². The monoisotopic (exact) mass is 401 g/mol. The second kappa shape index (κ2) is 8.23. The van der Waals surface area contributed by atoms with Crippen LogP contribution in [0.3, 0.4) is 0 Å². The SMILES string of the molecule is C[C@@H]1C[C@H](C)CN(C(=O)COC(=O)CN2C(=O)N[C@](C)(c3ccccc3)C2=O)C1. The standard InChI is InChI=1S/C21H27N3O5/c1-14-9-15(2)11-23(10-14)17(25)13-29-18(26)12-24-19(27)21(3,22-20(24)28)16-7-5-4-6-8-16/h4-8,14-15H,9-13H2,1-3H3,(H,22,28)/t14-,15+,21-/m1/s1. The Morgan fingerprint density at radius 2 is 1.76 bits per heavy atom. The fourth-order valence-electron chi connectivity index (χ4n) is 4.08.